The van der Waals surface area contributed by atoms with E-state index in [0.717, 1.165) is 55.5 Å². The third-order valence-electron chi connectivity index (χ3n) is 5.16. The van der Waals surface area contributed by atoms with E-state index in [1.165, 1.54) is 4.57 Å². The molecule has 1 aromatic heterocycles. The lowest BCUT2D eigenvalue weighted by atomic mass is 10.2. The van der Waals surface area contributed by atoms with Gasteiger partial charge in [0.05, 0.1) is 18.9 Å². The van der Waals surface area contributed by atoms with Crippen LogP contribution in [0.15, 0.2) is 67.1 Å². The molecular formula is C23H27ClN4O3. The van der Waals surface area contributed by atoms with Crippen LogP contribution < -0.4 is 9.64 Å². The van der Waals surface area contributed by atoms with Crippen LogP contribution in [0.25, 0.3) is 11.3 Å². The number of hydrogen-bond donors (Lipinski definition) is 0. The fourth-order valence-electron chi connectivity index (χ4n) is 3.35. The minimum Gasteiger partial charge on any atom is -0.492 e. The first-order chi connectivity index (χ1) is 14.7. The Morgan fingerprint density at radius 2 is 1.81 bits per heavy atom. The zero-order valence-corrected chi connectivity index (χ0v) is 18.3. The Balaban J connectivity index is 0.00000272. The van der Waals surface area contributed by atoms with Crippen molar-refractivity contribution in [1.29, 1.82) is 0 Å². The summed E-state index contributed by atoms with van der Waals surface area (Å²) in [4.78, 5) is 21.0. The molecular weight excluding hydrogens is 416 g/mol. The number of morpholine rings is 1. The Morgan fingerprint density at radius 3 is 2.52 bits per heavy atom. The monoisotopic (exact) mass is 442 g/mol. The van der Waals surface area contributed by atoms with Crippen LogP contribution in [-0.2, 0) is 4.74 Å². The van der Waals surface area contributed by atoms with Crippen molar-refractivity contribution in [2.24, 2.45) is 0 Å². The van der Waals surface area contributed by atoms with Crippen molar-refractivity contribution < 1.29 is 14.3 Å². The lowest BCUT2D eigenvalue weighted by Gasteiger charge is -2.26. The van der Waals surface area contributed by atoms with Gasteiger partial charge in [0.2, 0.25) is 0 Å². The highest BCUT2D eigenvalue weighted by Gasteiger charge is 2.14. The Bertz CT molecular complexity index is 956. The summed E-state index contributed by atoms with van der Waals surface area (Å²) in [7, 11) is 1.75. The summed E-state index contributed by atoms with van der Waals surface area (Å²) in [5.41, 5.74) is 2.51. The highest BCUT2D eigenvalue weighted by atomic mass is 35.5. The fourth-order valence-corrected chi connectivity index (χ4v) is 3.35. The maximum Gasteiger partial charge on any atom is 0.333 e. The molecule has 1 amide bonds. The third-order valence-corrected chi connectivity index (χ3v) is 5.16. The van der Waals surface area contributed by atoms with E-state index in [1.54, 1.807) is 24.5 Å². The van der Waals surface area contributed by atoms with E-state index in [-0.39, 0.29) is 18.4 Å². The first-order valence-corrected chi connectivity index (χ1v) is 10.1. The Hall–Kier alpha value is -2.87. The SMILES string of the molecule is CN(C(=O)n1cnc(-c2ccc(OCCN3CCOCC3)cc2)c1)c1ccccc1.Cl. The van der Waals surface area contributed by atoms with E-state index >= 15 is 0 Å². The summed E-state index contributed by atoms with van der Waals surface area (Å²) in [6, 6.07) is 17.2. The zero-order chi connectivity index (χ0) is 20.8. The third kappa shape index (κ3) is 5.85. The van der Waals surface area contributed by atoms with Gasteiger partial charge in [0.25, 0.3) is 0 Å². The number of aromatic nitrogens is 2. The van der Waals surface area contributed by atoms with Crippen LogP contribution in [0.2, 0.25) is 0 Å². The van der Waals surface area contributed by atoms with Crippen molar-refractivity contribution in [3.63, 3.8) is 0 Å². The number of carbonyl (C=O) groups excluding carboxylic acids is 1. The quantitative estimate of drug-likeness (QED) is 0.581. The molecule has 0 bridgehead atoms. The zero-order valence-electron chi connectivity index (χ0n) is 17.5. The minimum absolute atomic E-state index is 0. The lowest BCUT2D eigenvalue weighted by molar-refractivity contribution is 0.0322. The van der Waals surface area contributed by atoms with Gasteiger partial charge in [0.15, 0.2) is 0 Å². The normalized spacial score (nSPS) is 14.0. The van der Waals surface area contributed by atoms with Gasteiger partial charge >= 0.3 is 6.03 Å². The molecule has 0 atom stereocenters. The number of hydrogen-bond acceptors (Lipinski definition) is 5. The van der Waals surface area contributed by atoms with Crippen LogP contribution in [0, 0.1) is 0 Å². The number of halogens is 1. The molecule has 0 radical (unpaired) electrons. The second-order valence-corrected chi connectivity index (χ2v) is 7.17. The van der Waals surface area contributed by atoms with Gasteiger partial charge in [-0.2, -0.15) is 0 Å². The average molecular weight is 443 g/mol. The summed E-state index contributed by atoms with van der Waals surface area (Å²) >= 11 is 0. The number of imidazole rings is 1. The topological polar surface area (TPSA) is 59.8 Å². The highest BCUT2D eigenvalue weighted by Crippen LogP contribution is 2.21. The molecule has 2 heterocycles. The number of ether oxygens (including phenoxy) is 2. The summed E-state index contributed by atoms with van der Waals surface area (Å²) in [5, 5.41) is 0. The number of benzene rings is 2. The second-order valence-electron chi connectivity index (χ2n) is 7.17. The standard InChI is InChI=1S/C23H26N4O3.ClH/c1-25(20-5-3-2-4-6-20)23(28)27-17-22(24-18-27)19-7-9-21(10-8-19)30-16-13-26-11-14-29-15-12-26;/h2-10,17-18H,11-16H2,1H3;1H. The summed E-state index contributed by atoms with van der Waals surface area (Å²) in [6.07, 6.45) is 3.29. The van der Waals surface area contributed by atoms with E-state index in [9.17, 15) is 4.79 Å². The highest BCUT2D eigenvalue weighted by molar-refractivity contribution is 5.93. The number of carbonyl (C=O) groups is 1. The van der Waals surface area contributed by atoms with Crippen LogP contribution in [0.3, 0.4) is 0 Å². The van der Waals surface area contributed by atoms with Gasteiger partial charge in [0, 0.05) is 44.1 Å². The molecule has 31 heavy (non-hydrogen) atoms. The van der Waals surface area contributed by atoms with Crippen LogP contribution in [0.4, 0.5) is 10.5 Å². The van der Waals surface area contributed by atoms with Gasteiger partial charge in [-0.3, -0.25) is 14.4 Å². The van der Waals surface area contributed by atoms with Gasteiger partial charge in [-0.15, -0.1) is 12.4 Å². The van der Waals surface area contributed by atoms with E-state index < -0.39 is 0 Å². The van der Waals surface area contributed by atoms with Gasteiger partial charge in [0.1, 0.15) is 18.7 Å². The van der Waals surface area contributed by atoms with Crippen molar-refractivity contribution in [1.82, 2.24) is 14.5 Å². The Kier molecular flexibility index (Phi) is 8.06. The summed E-state index contributed by atoms with van der Waals surface area (Å²) in [5.74, 6) is 0.825. The molecule has 7 nitrogen and oxygen atoms in total. The molecule has 1 saturated heterocycles. The molecule has 2 aromatic carbocycles. The van der Waals surface area contributed by atoms with Gasteiger partial charge in [-0.25, -0.2) is 9.78 Å². The van der Waals surface area contributed by atoms with E-state index in [0.29, 0.717) is 6.61 Å². The summed E-state index contributed by atoms with van der Waals surface area (Å²) in [6.45, 7) is 5.06. The van der Waals surface area contributed by atoms with Crippen molar-refractivity contribution in [3.8, 4) is 17.0 Å². The molecule has 0 aliphatic carbocycles. The molecule has 3 aromatic rings. The molecule has 1 fully saturated rings. The fraction of sp³-hybridized carbons (Fsp3) is 0.304. The maximum absolute atomic E-state index is 12.7. The minimum atomic E-state index is -0.164. The molecule has 0 unspecified atom stereocenters. The van der Waals surface area contributed by atoms with Gasteiger partial charge in [-0.05, 0) is 36.4 Å². The van der Waals surface area contributed by atoms with Crippen LogP contribution >= 0.6 is 12.4 Å². The summed E-state index contributed by atoms with van der Waals surface area (Å²) < 4.78 is 12.7. The smallest absolute Gasteiger partial charge is 0.333 e. The maximum atomic E-state index is 12.7. The molecule has 0 saturated carbocycles. The van der Waals surface area contributed by atoms with Crippen LogP contribution in [0.1, 0.15) is 0 Å². The van der Waals surface area contributed by atoms with Crippen molar-refractivity contribution in [3.05, 3.63) is 67.1 Å². The predicted octanol–water partition coefficient (Wildman–Crippen LogP) is 3.79. The lowest BCUT2D eigenvalue weighted by Crippen LogP contribution is -2.38. The number of para-hydroxylation sites is 1. The van der Waals surface area contributed by atoms with Crippen LogP contribution in [-0.4, -0.2) is 67.0 Å². The largest absolute Gasteiger partial charge is 0.492 e. The molecule has 0 spiro atoms. The number of anilines is 1. The van der Waals surface area contributed by atoms with Gasteiger partial charge in [-0.1, -0.05) is 18.2 Å². The first-order valence-electron chi connectivity index (χ1n) is 10.1. The van der Waals surface area contributed by atoms with E-state index in [1.807, 2.05) is 54.6 Å². The van der Waals surface area contributed by atoms with E-state index in [2.05, 4.69) is 9.88 Å². The van der Waals surface area contributed by atoms with Crippen LogP contribution in [0.5, 0.6) is 5.75 Å². The molecule has 1 aliphatic heterocycles. The van der Waals surface area contributed by atoms with Crippen molar-refractivity contribution in [2.45, 2.75) is 0 Å². The van der Waals surface area contributed by atoms with Gasteiger partial charge < -0.3 is 9.47 Å². The average Bonchev–Trinajstić information content (AvgIpc) is 3.30. The molecule has 8 heteroatoms. The predicted molar refractivity (Wildman–Crippen MR) is 123 cm³/mol. The number of rotatable bonds is 6. The number of nitrogens with zero attached hydrogens (tertiary/aromatic N) is 4. The van der Waals surface area contributed by atoms with Crippen molar-refractivity contribution in [2.75, 3.05) is 51.4 Å². The molecule has 164 valence electrons. The second kappa shape index (κ2) is 10.9. The van der Waals surface area contributed by atoms with Crippen molar-refractivity contribution >= 4 is 24.1 Å². The molecule has 0 N–H and O–H groups in total. The molecule has 1 aliphatic rings. The number of amides is 1. The van der Waals surface area contributed by atoms with E-state index in [4.69, 9.17) is 9.47 Å². The Labute approximate surface area is 188 Å². The first kappa shape index (κ1) is 22.8. The Morgan fingerprint density at radius 1 is 1.10 bits per heavy atom. The molecule has 4 rings (SSSR count).